The molecule has 2 aromatic rings. The highest BCUT2D eigenvalue weighted by Crippen LogP contribution is 2.10. The highest BCUT2D eigenvalue weighted by Gasteiger charge is 2.07. The number of benzene rings is 1. The average Bonchev–Trinajstić information content (AvgIpc) is 2.35. The summed E-state index contributed by atoms with van der Waals surface area (Å²) in [6.07, 6.45) is 3.23. The van der Waals surface area contributed by atoms with Gasteiger partial charge < -0.3 is 11.1 Å². The smallest absolute Gasteiger partial charge is 0.251 e. The number of fused-ring (bicyclic) bond motifs is 1. The molecule has 1 aromatic heterocycles. The first kappa shape index (κ1) is 11.5. The number of hydrogen-bond acceptors (Lipinski definition) is 4. The number of rotatable bonds is 3. The van der Waals surface area contributed by atoms with Crippen LogP contribution < -0.4 is 11.1 Å². The molecule has 0 bridgehead atoms. The lowest BCUT2D eigenvalue weighted by Crippen LogP contribution is -2.35. The first-order valence-corrected chi connectivity index (χ1v) is 5.41. The van der Waals surface area contributed by atoms with E-state index in [1.807, 2.05) is 6.92 Å². The molecule has 0 saturated carbocycles. The summed E-state index contributed by atoms with van der Waals surface area (Å²) in [7, 11) is 0. The summed E-state index contributed by atoms with van der Waals surface area (Å²) in [6.45, 7) is 2.30. The van der Waals surface area contributed by atoms with E-state index in [4.69, 9.17) is 5.73 Å². The van der Waals surface area contributed by atoms with Gasteiger partial charge in [-0.25, -0.2) is 0 Å². The third-order valence-corrected chi connectivity index (χ3v) is 2.32. The topological polar surface area (TPSA) is 80.9 Å². The lowest BCUT2D eigenvalue weighted by Gasteiger charge is -2.07. The van der Waals surface area contributed by atoms with Crippen molar-refractivity contribution < 1.29 is 4.79 Å². The molecule has 0 fully saturated rings. The van der Waals surface area contributed by atoms with Gasteiger partial charge in [0.25, 0.3) is 5.91 Å². The maximum atomic E-state index is 11.8. The van der Waals surface area contributed by atoms with Crippen LogP contribution >= 0.6 is 0 Å². The van der Waals surface area contributed by atoms with Crippen molar-refractivity contribution in [1.82, 2.24) is 15.3 Å². The predicted octanol–water partition coefficient (Wildman–Crippen LogP) is 0.707. The van der Waals surface area contributed by atoms with Crippen LogP contribution in [0.4, 0.5) is 0 Å². The molecule has 0 aliphatic carbocycles. The van der Waals surface area contributed by atoms with Crippen LogP contribution in [0.2, 0.25) is 0 Å². The second-order valence-electron chi connectivity index (χ2n) is 3.95. The van der Waals surface area contributed by atoms with Crippen molar-refractivity contribution in [1.29, 1.82) is 0 Å². The van der Waals surface area contributed by atoms with Crippen molar-refractivity contribution in [3.63, 3.8) is 0 Å². The number of aromatic nitrogens is 2. The Labute approximate surface area is 99.1 Å². The second-order valence-corrected chi connectivity index (χ2v) is 3.95. The lowest BCUT2D eigenvalue weighted by molar-refractivity contribution is 0.0952. The predicted molar refractivity (Wildman–Crippen MR) is 65.5 cm³/mol. The van der Waals surface area contributed by atoms with Gasteiger partial charge in [0.2, 0.25) is 0 Å². The zero-order valence-corrected chi connectivity index (χ0v) is 9.55. The van der Waals surface area contributed by atoms with Gasteiger partial charge in [-0.2, -0.15) is 0 Å². The van der Waals surface area contributed by atoms with E-state index in [1.165, 1.54) is 0 Å². The van der Waals surface area contributed by atoms with Crippen LogP contribution in [0.25, 0.3) is 11.0 Å². The molecule has 0 radical (unpaired) electrons. The summed E-state index contributed by atoms with van der Waals surface area (Å²) in [5.41, 5.74) is 7.62. The number of hydrogen-bond donors (Lipinski definition) is 2. The normalized spacial score (nSPS) is 12.4. The molecule has 1 amide bonds. The van der Waals surface area contributed by atoms with Crippen LogP contribution in [-0.4, -0.2) is 28.5 Å². The number of carbonyl (C=O) groups is 1. The molecule has 1 aromatic carbocycles. The number of nitrogens with two attached hydrogens (primary N) is 1. The summed E-state index contributed by atoms with van der Waals surface area (Å²) in [4.78, 5) is 20.1. The van der Waals surface area contributed by atoms with E-state index in [0.29, 0.717) is 17.6 Å². The lowest BCUT2D eigenvalue weighted by atomic mass is 10.2. The highest BCUT2D eigenvalue weighted by atomic mass is 16.1. The molecule has 0 aliphatic heterocycles. The van der Waals surface area contributed by atoms with E-state index in [-0.39, 0.29) is 11.9 Å². The van der Waals surface area contributed by atoms with Crippen LogP contribution in [0.1, 0.15) is 17.3 Å². The maximum absolute atomic E-state index is 11.8. The summed E-state index contributed by atoms with van der Waals surface area (Å²) in [5, 5.41) is 2.75. The van der Waals surface area contributed by atoms with Crippen molar-refractivity contribution in [2.24, 2.45) is 5.73 Å². The third-order valence-electron chi connectivity index (χ3n) is 2.32. The van der Waals surface area contributed by atoms with Crippen molar-refractivity contribution in [3.05, 3.63) is 36.2 Å². The van der Waals surface area contributed by atoms with Gasteiger partial charge in [0.15, 0.2) is 0 Å². The van der Waals surface area contributed by atoms with E-state index in [2.05, 4.69) is 15.3 Å². The van der Waals surface area contributed by atoms with Crippen molar-refractivity contribution in [3.8, 4) is 0 Å². The molecule has 0 aliphatic rings. The van der Waals surface area contributed by atoms with Crippen LogP contribution in [0.5, 0.6) is 0 Å². The molecule has 5 nitrogen and oxygen atoms in total. The van der Waals surface area contributed by atoms with E-state index in [1.54, 1.807) is 30.6 Å². The molecule has 1 atom stereocenters. The average molecular weight is 230 g/mol. The minimum atomic E-state index is -0.144. The van der Waals surface area contributed by atoms with Gasteiger partial charge in [-0.1, -0.05) is 0 Å². The Hall–Kier alpha value is -2.01. The number of carbonyl (C=O) groups excluding carboxylic acids is 1. The van der Waals surface area contributed by atoms with Gasteiger partial charge in [-0.05, 0) is 25.1 Å². The molecule has 2 rings (SSSR count). The maximum Gasteiger partial charge on any atom is 0.251 e. The Bertz CT molecular complexity index is 539. The van der Waals surface area contributed by atoms with Gasteiger partial charge in [0, 0.05) is 30.5 Å². The molecular weight excluding hydrogens is 216 g/mol. The quantitative estimate of drug-likeness (QED) is 0.813. The summed E-state index contributed by atoms with van der Waals surface area (Å²) in [6, 6.07) is 5.18. The first-order chi connectivity index (χ1) is 8.16. The molecule has 5 heteroatoms. The Balaban J connectivity index is 2.21. The van der Waals surface area contributed by atoms with Crippen molar-refractivity contribution >= 4 is 16.9 Å². The van der Waals surface area contributed by atoms with E-state index in [9.17, 15) is 4.79 Å². The third kappa shape index (κ3) is 2.76. The Kier molecular flexibility index (Phi) is 3.30. The van der Waals surface area contributed by atoms with Gasteiger partial charge in [0.1, 0.15) is 0 Å². The Morgan fingerprint density at radius 1 is 1.35 bits per heavy atom. The van der Waals surface area contributed by atoms with Crippen LogP contribution in [-0.2, 0) is 0 Å². The molecule has 17 heavy (non-hydrogen) atoms. The number of amides is 1. The fourth-order valence-electron chi connectivity index (χ4n) is 1.46. The van der Waals surface area contributed by atoms with E-state index in [0.717, 1.165) is 5.52 Å². The fraction of sp³-hybridized carbons (Fsp3) is 0.250. The molecule has 1 unspecified atom stereocenters. The summed E-state index contributed by atoms with van der Waals surface area (Å²) in [5.74, 6) is -0.144. The minimum absolute atomic E-state index is 0.0563. The summed E-state index contributed by atoms with van der Waals surface area (Å²) < 4.78 is 0. The number of nitrogens with zero attached hydrogens (tertiary/aromatic N) is 2. The monoisotopic (exact) mass is 230 g/mol. The zero-order chi connectivity index (χ0) is 12.3. The van der Waals surface area contributed by atoms with Gasteiger partial charge >= 0.3 is 0 Å². The van der Waals surface area contributed by atoms with Crippen molar-refractivity contribution in [2.75, 3.05) is 6.54 Å². The second kappa shape index (κ2) is 4.88. The van der Waals surface area contributed by atoms with Crippen LogP contribution in [0.3, 0.4) is 0 Å². The zero-order valence-electron chi connectivity index (χ0n) is 9.55. The SMILES string of the molecule is CC(N)CNC(=O)c1ccc2nccnc2c1. The first-order valence-electron chi connectivity index (χ1n) is 5.41. The summed E-state index contributed by atoms with van der Waals surface area (Å²) >= 11 is 0. The molecule has 0 spiro atoms. The number of nitrogens with one attached hydrogen (secondary N) is 1. The van der Waals surface area contributed by atoms with E-state index >= 15 is 0 Å². The molecule has 3 N–H and O–H groups in total. The fourth-order valence-corrected chi connectivity index (χ4v) is 1.46. The van der Waals surface area contributed by atoms with Crippen molar-refractivity contribution in [2.45, 2.75) is 13.0 Å². The standard InChI is InChI=1S/C12H14N4O/c1-8(13)7-16-12(17)9-2-3-10-11(6-9)15-5-4-14-10/h2-6,8H,7,13H2,1H3,(H,16,17). The molecular formula is C12H14N4O. The van der Waals surface area contributed by atoms with Crippen LogP contribution in [0, 0.1) is 0 Å². The highest BCUT2D eigenvalue weighted by molar-refractivity contribution is 5.97. The molecule has 1 heterocycles. The van der Waals surface area contributed by atoms with Gasteiger partial charge in [-0.3, -0.25) is 14.8 Å². The minimum Gasteiger partial charge on any atom is -0.350 e. The Morgan fingerprint density at radius 3 is 2.76 bits per heavy atom. The van der Waals surface area contributed by atoms with Gasteiger partial charge in [0.05, 0.1) is 11.0 Å². The molecule has 88 valence electrons. The molecule has 0 saturated heterocycles. The van der Waals surface area contributed by atoms with Crippen LogP contribution in [0.15, 0.2) is 30.6 Å². The Morgan fingerprint density at radius 2 is 2.06 bits per heavy atom. The van der Waals surface area contributed by atoms with Gasteiger partial charge in [-0.15, -0.1) is 0 Å². The largest absolute Gasteiger partial charge is 0.350 e. The van der Waals surface area contributed by atoms with E-state index < -0.39 is 0 Å².